The zero-order valence-corrected chi connectivity index (χ0v) is 7.63. The van der Waals surface area contributed by atoms with E-state index in [0.29, 0.717) is 13.4 Å². The van der Waals surface area contributed by atoms with Crippen molar-refractivity contribution >= 4 is 23.6 Å². The van der Waals surface area contributed by atoms with Crippen LogP contribution in [0.4, 0.5) is 0 Å². The van der Waals surface area contributed by atoms with Crippen molar-refractivity contribution in [2.75, 3.05) is 0 Å². The maximum absolute atomic E-state index is 8.37. The van der Waals surface area contributed by atoms with E-state index in [9.17, 15) is 0 Å². The SMILES string of the molecule is Cc1c(Br)cccc1O[B]O. The van der Waals surface area contributed by atoms with Gasteiger partial charge in [-0.3, -0.25) is 0 Å². The van der Waals surface area contributed by atoms with Crippen LogP contribution in [0.5, 0.6) is 5.75 Å². The largest absolute Gasteiger partial charge is 0.569 e. The Morgan fingerprint density at radius 2 is 2.27 bits per heavy atom. The number of halogens is 1. The van der Waals surface area contributed by atoms with Crippen LogP contribution in [0.3, 0.4) is 0 Å². The molecule has 11 heavy (non-hydrogen) atoms. The van der Waals surface area contributed by atoms with Gasteiger partial charge in [-0.2, -0.15) is 0 Å². The molecule has 57 valence electrons. The quantitative estimate of drug-likeness (QED) is 0.758. The van der Waals surface area contributed by atoms with Crippen molar-refractivity contribution in [2.24, 2.45) is 0 Å². The molecule has 0 unspecified atom stereocenters. The highest BCUT2D eigenvalue weighted by Gasteiger charge is 2.01. The molecular formula is C7H7BBrO2. The highest BCUT2D eigenvalue weighted by molar-refractivity contribution is 9.10. The zero-order valence-electron chi connectivity index (χ0n) is 6.04. The molecule has 1 radical (unpaired) electrons. The van der Waals surface area contributed by atoms with E-state index in [-0.39, 0.29) is 0 Å². The van der Waals surface area contributed by atoms with Crippen LogP contribution < -0.4 is 4.65 Å². The van der Waals surface area contributed by atoms with Crippen molar-refractivity contribution in [3.8, 4) is 5.75 Å². The third-order valence-electron chi connectivity index (χ3n) is 1.40. The molecule has 0 saturated carbocycles. The Labute approximate surface area is 74.6 Å². The summed E-state index contributed by atoms with van der Waals surface area (Å²) in [6.07, 6.45) is 0. The minimum atomic E-state index is 0.655. The topological polar surface area (TPSA) is 29.5 Å². The van der Waals surface area contributed by atoms with Gasteiger partial charge in [-0.15, -0.1) is 0 Å². The van der Waals surface area contributed by atoms with Crippen molar-refractivity contribution in [3.05, 3.63) is 28.2 Å². The van der Waals surface area contributed by atoms with E-state index in [2.05, 4.69) is 15.9 Å². The van der Waals surface area contributed by atoms with Gasteiger partial charge in [-0.1, -0.05) is 22.0 Å². The molecule has 1 rings (SSSR count). The summed E-state index contributed by atoms with van der Waals surface area (Å²) < 4.78 is 5.79. The fraction of sp³-hybridized carbons (Fsp3) is 0.143. The van der Waals surface area contributed by atoms with Gasteiger partial charge in [0.05, 0.1) is 0 Å². The summed E-state index contributed by atoms with van der Waals surface area (Å²) in [4.78, 5) is 0. The fourth-order valence-electron chi connectivity index (χ4n) is 0.772. The van der Waals surface area contributed by atoms with E-state index in [1.807, 2.05) is 19.1 Å². The first-order valence-corrected chi connectivity index (χ1v) is 3.92. The molecule has 0 atom stereocenters. The minimum absolute atomic E-state index is 0.655. The molecule has 0 spiro atoms. The molecule has 0 heterocycles. The summed E-state index contributed by atoms with van der Waals surface area (Å²) in [6, 6.07) is 5.54. The third kappa shape index (κ3) is 1.98. The molecule has 0 fully saturated rings. The van der Waals surface area contributed by atoms with Gasteiger partial charge < -0.3 is 9.68 Å². The van der Waals surface area contributed by atoms with Crippen molar-refractivity contribution in [1.82, 2.24) is 0 Å². The zero-order chi connectivity index (χ0) is 8.27. The predicted molar refractivity (Wildman–Crippen MR) is 47.5 cm³/mol. The summed E-state index contributed by atoms with van der Waals surface area (Å²) in [7, 11) is 0.675. The van der Waals surface area contributed by atoms with Crippen LogP contribution >= 0.6 is 15.9 Å². The van der Waals surface area contributed by atoms with Crippen molar-refractivity contribution < 1.29 is 9.68 Å². The molecule has 1 N–H and O–H groups in total. The van der Waals surface area contributed by atoms with Gasteiger partial charge in [0.2, 0.25) is 0 Å². The fourth-order valence-corrected chi connectivity index (χ4v) is 1.12. The van der Waals surface area contributed by atoms with Crippen LogP contribution in [0.15, 0.2) is 22.7 Å². The third-order valence-corrected chi connectivity index (χ3v) is 2.26. The van der Waals surface area contributed by atoms with Crippen molar-refractivity contribution in [1.29, 1.82) is 0 Å². The molecule has 0 aliphatic carbocycles. The van der Waals surface area contributed by atoms with Gasteiger partial charge in [0.25, 0.3) is 0 Å². The summed E-state index contributed by atoms with van der Waals surface area (Å²) in [6.45, 7) is 1.91. The summed E-state index contributed by atoms with van der Waals surface area (Å²) in [5, 5.41) is 8.37. The molecule has 1 aromatic rings. The van der Waals surface area contributed by atoms with Gasteiger partial charge in [-0.05, 0) is 19.1 Å². The molecule has 0 aromatic heterocycles. The Morgan fingerprint density at radius 1 is 1.55 bits per heavy atom. The van der Waals surface area contributed by atoms with E-state index < -0.39 is 0 Å². The maximum Gasteiger partial charge on any atom is 0.569 e. The van der Waals surface area contributed by atoms with Crippen LogP contribution in [0.1, 0.15) is 5.56 Å². The summed E-state index contributed by atoms with van der Waals surface area (Å²) in [5.41, 5.74) is 0.970. The van der Waals surface area contributed by atoms with E-state index in [4.69, 9.17) is 9.68 Å². The highest BCUT2D eigenvalue weighted by atomic mass is 79.9. The van der Waals surface area contributed by atoms with Gasteiger partial charge in [0.1, 0.15) is 5.75 Å². The van der Waals surface area contributed by atoms with Crippen molar-refractivity contribution in [3.63, 3.8) is 0 Å². The van der Waals surface area contributed by atoms with E-state index in [0.717, 1.165) is 10.0 Å². The van der Waals surface area contributed by atoms with E-state index in [1.165, 1.54) is 0 Å². The van der Waals surface area contributed by atoms with Gasteiger partial charge in [-0.25, -0.2) is 0 Å². The van der Waals surface area contributed by atoms with Gasteiger partial charge in [0, 0.05) is 10.0 Å². The molecular weight excluding hydrogens is 207 g/mol. The lowest BCUT2D eigenvalue weighted by molar-refractivity contribution is 0.451. The van der Waals surface area contributed by atoms with Gasteiger partial charge in [0.15, 0.2) is 0 Å². The molecule has 0 bridgehead atoms. The Balaban J connectivity index is 2.96. The molecule has 2 nitrogen and oxygen atoms in total. The van der Waals surface area contributed by atoms with Crippen LogP contribution in [-0.4, -0.2) is 12.7 Å². The number of rotatable bonds is 2. The van der Waals surface area contributed by atoms with E-state index >= 15 is 0 Å². The molecule has 1 aromatic carbocycles. The Morgan fingerprint density at radius 3 is 2.91 bits per heavy atom. The number of hydrogen-bond acceptors (Lipinski definition) is 2. The minimum Gasteiger partial charge on any atom is -0.537 e. The van der Waals surface area contributed by atoms with Gasteiger partial charge >= 0.3 is 7.69 Å². The molecule has 0 saturated heterocycles. The van der Waals surface area contributed by atoms with Crippen LogP contribution in [-0.2, 0) is 0 Å². The Bertz CT molecular complexity index is 252. The average Bonchev–Trinajstić information content (AvgIpc) is 1.99. The first-order chi connectivity index (χ1) is 5.25. The summed E-state index contributed by atoms with van der Waals surface area (Å²) >= 11 is 3.34. The monoisotopic (exact) mass is 213 g/mol. The normalized spacial score (nSPS) is 9.36. The van der Waals surface area contributed by atoms with Crippen LogP contribution in [0.25, 0.3) is 0 Å². The Hall–Kier alpha value is -0.475. The second kappa shape index (κ2) is 3.78. The molecule has 0 aliphatic heterocycles. The lowest BCUT2D eigenvalue weighted by Gasteiger charge is -2.05. The summed E-state index contributed by atoms with van der Waals surface area (Å²) in [5.74, 6) is 0.655. The lowest BCUT2D eigenvalue weighted by Crippen LogP contribution is -2.01. The standard InChI is InChI=1S/C7H7BBrO2/c1-5-6(9)3-2-4-7(5)11-8-10/h2-4,10H,1H3. The predicted octanol–water partition coefficient (Wildman–Crippen LogP) is 1.66. The smallest absolute Gasteiger partial charge is 0.537 e. The van der Waals surface area contributed by atoms with E-state index in [1.54, 1.807) is 6.07 Å². The highest BCUT2D eigenvalue weighted by Crippen LogP contribution is 2.24. The Kier molecular flexibility index (Phi) is 2.97. The molecule has 4 heteroatoms. The van der Waals surface area contributed by atoms with Crippen LogP contribution in [0, 0.1) is 6.92 Å². The first kappa shape index (κ1) is 8.62. The van der Waals surface area contributed by atoms with Crippen molar-refractivity contribution in [2.45, 2.75) is 6.92 Å². The second-order valence-electron chi connectivity index (χ2n) is 2.09. The second-order valence-corrected chi connectivity index (χ2v) is 2.94. The average molecular weight is 214 g/mol. The van der Waals surface area contributed by atoms with Crippen LogP contribution in [0.2, 0.25) is 0 Å². The molecule has 0 aliphatic rings. The number of hydrogen-bond donors (Lipinski definition) is 1. The maximum atomic E-state index is 8.37. The lowest BCUT2D eigenvalue weighted by atomic mass is 10.2. The number of benzene rings is 1. The molecule has 0 amide bonds. The first-order valence-electron chi connectivity index (χ1n) is 3.13.